The highest BCUT2D eigenvalue weighted by atomic mass is 16.7. The molecule has 5 heterocycles. The smallest absolute Gasteiger partial charge is 0.231 e. The van der Waals surface area contributed by atoms with Gasteiger partial charge in [-0.05, 0) is 30.3 Å². The molecule has 2 aliphatic heterocycles. The lowest BCUT2D eigenvalue weighted by Gasteiger charge is -2.26. The molecule has 0 aliphatic carbocycles. The van der Waals surface area contributed by atoms with E-state index in [1.807, 2.05) is 53.3 Å². The molecule has 9 nitrogen and oxygen atoms in total. The lowest BCUT2D eigenvalue weighted by atomic mass is 10.1. The van der Waals surface area contributed by atoms with Gasteiger partial charge in [-0.25, -0.2) is 9.97 Å². The summed E-state index contributed by atoms with van der Waals surface area (Å²) in [6, 6.07) is 9.94. The molecular weight excluding hydrogens is 420 g/mol. The number of ether oxygens (including phenoxy) is 3. The van der Waals surface area contributed by atoms with Gasteiger partial charge in [0.1, 0.15) is 5.82 Å². The van der Waals surface area contributed by atoms with E-state index in [0.717, 1.165) is 84.9 Å². The van der Waals surface area contributed by atoms with Crippen molar-refractivity contribution in [2.75, 3.05) is 51.5 Å². The Labute approximate surface area is 191 Å². The molecule has 168 valence electrons. The van der Waals surface area contributed by atoms with Crippen molar-refractivity contribution in [3.63, 3.8) is 0 Å². The molecule has 0 saturated carbocycles. The summed E-state index contributed by atoms with van der Waals surface area (Å²) >= 11 is 0. The molecule has 1 fully saturated rings. The average molecular weight is 444 g/mol. The molecule has 4 aromatic rings. The summed E-state index contributed by atoms with van der Waals surface area (Å²) in [5, 5.41) is 3.40. The Hall–Kier alpha value is -3.69. The van der Waals surface area contributed by atoms with Gasteiger partial charge in [-0.2, -0.15) is 0 Å². The number of nitrogens with one attached hydrogen (secondary N) is 1. The summed E-state index contributed by atoms with van der Waals surface area (Å²) < 4.78 is 18.4. The van der Waals surface area contributed by atoms with Crippen molar-refractivity contribution in [1.82, 2.24) is 24.3 Å². The average Bonchev–Trinajstić information content (AvgIpc) is 3.51. The Morgan fingerprint density at radius 2 is 1.76 bits per heavy atom. The molecule has 0 radical (unpaired) electrons. The van der Waals surface area contributed by atoms with Gasteiger partial charge in [-0.3, -0.25) is 14.3 Å². The van der Waals surface area contributed by atoms with E-state index in [2.05, 4.69) is 25.2 Å². The standard InChI is InChI=1S/C24H24N6O3/c1-3-21-22(33-16-32-21)11-17(1)20-13-28-24-14-26-19(15-30(20)24)18-2-4-23(27-12-18)25-5-6-29-7-9-31-10-8-29/h1-4,11-15H,5-10,16H2,(H,25,27). The molecule has 33 heavy (non-hydrogen) atoms. The third-order valence-corrected chi connectivity index (χ3v) is 5.96. The van der Waals surface area contributed by atoms with Crippen molar-refractivity contribution in [3.05, 3.63) is 55.1 Å². The predicted octanol–water partition coefficient (Wildman–Crippen LogP) is 2.93. The molecule has 3 aromatic heterocycles. The number of benzene rings is 1. The fourth-order valence-corrected chi connectivity index (χ4v) is 4.12. The SMILES string of the molecule is c1cc(NCCN2CCOCC2)ncc1-c1cn2c(-c3ccc4c(c3)OCO4)cnc2cn1. The van der Waals surface area contributed by atoms with Crippen LogP contribution in [0.3, 0.4) is 0 Å². The van der Waals surface area contributed by atoms with Gasteiger partial charge in [0.15, 0.2) is 17.1 Å². The van der Waals surface area contributed by atoms with Crippen molar-refractivity contribution in [2.24, 2.45) is 0 Å². The maximum atomic E-state index is 5.53. The molecule has 0 unspecified atom stereocenters. The second kappa shape index (κ2) is 8.68. The highest BCUT2D eigenvalue weighted by molar-refractivity contribution is 5.69. The minimum atomic E-state index is 0.255. The minimum absolute atomic E-state index is 0.255. The summed E-state index contributed by atoms with van der Waals surface area (Å²) in [5.41, 5.74) is 4.51. The van der Waals surface area contributed by atoms with E-state index in [0.29, 0.717) is 0 Å². The molecule has 1 N–H and O–H groups in total. The van der Waals surface area contributed by atoms with Crippen LogP contribution in [0.2, 0.25) is 0 Å². The monoisotopic (exact) mass is 444 g/mol. The highest BCUT2D eigenvalue weighted by Gasteiger charge is 2.16. The molecule has 1 aromatic carbocycles. The number of nitrogens with zero attached hydrogens (tertiary/aromatic N) is 5. The Morgan fingerprint density at radius 1 is 0.879 bits per heavy atom. The van der Waals surface area contributed by atoms with Gasteiger partial charge in [0.2, 0.25) is 6.79 Å². The van der Waals surface area contributed by atoms with Crippen LogP contribution in [0.4, 0.5) is 5.82 Å². The first-order valence-corrected chi connectivity index (χ1v) is 11.1. The van der Waals surface area contributed by atoms with Crippen LogP contribution in [-0.2, 0) is 4.74 Å². The molecule has 0 bridgehead atoms. The zero-order valence-electron chi connectivity index (χ0n) is 18.1. The van der Waals surface area contributed by atoms with E-state index in [9.17, 15) is 0 Å². The van der Waals surface area contributed by atoms with E-state index in [1.165, 1.54) is 0 Å². The van der Waals surface area contributed by atoms with Crippen LogP contribution in [0.25, 0.3) is 28.2 Å². The summed E-state index contributed by atoms with van der Waals surface area (Å²) in [4.78, 5) is 16.1. The number of rotatable bonds is 6. The van der Waals surface area contributed by atoms with Crippen molar-refractivity contribution < 1.29 is 14.2 Å². The molecular formula is C24H24N6O3. The number of morpholine rings is 1. The fourth-order valence-electron chi connectivity index (χ4n) is 4.12. The maximum Gasteiger partial charge on any atom is 0.231 e. The molecule has 1 saturated heterocycles. The number of aromatic nitrogens is 4. The largest absolute Gasteiger partial charge is 0.454 e. The summed E-state index contributed by atoms with van der Waals surface area (Å²) in [6.45, 7) is 5.70. The van der Waals surface area contributed by atoms with Crippen LogP contribution in [0.15, 0.2) is 55.1 Å². The van der Waals surface area contributed by atoms with Gasteiger partial charge in [-0.1, -0.05) is 0 Å². The third-order valence-electron chi connectivity index (χ3n) is 5.96. The van der Waals surface area contributed by atoms with Crippen LogP contribution in [-0.4, -0.2) is 70.4 Å². The van der Waals surface area contributed by atoms with E-state index < -0.39 is 0 Å². The first-order chi connectivity index (χ1) is 16.3. The van der Waals surface area contributed by atoms with Crippen molar-refractivity contribution in [3.8, 4) is 34.0 Å². The molecule has 6 rings (SSSR count). The topological polar surface area (TPSA) is 86.0 Å². The van der Waals surface area contributed by atoms with Crippen molar-refractivity contribution >= 4 is 11.5 Å². The van der Waals surface area contributed by atoms with Crippen LogP contribution in [0.5, 0.6) is 11.5 Å². The second-order valence-electron chi connectivity index (χ2n) is 8.03. The van der Waals surface area contributed by atoms with Gasteiger partial charge in [0, 0.05) is 49.7 Å². The third kappa shape index (κ3) is 4.08. The van der Waals surface area contributed by atoms with E-state index in [-0.39, 0.29) is 6.79 Å². The first kappa shape index (κ1) is 20.0. The maximum absolute atomic E-state index is 5.53. The van der Waals surface area contributed by atoms with Crippen LogP contribution < -0.4 is 14.8 Å². The number of fused-ring (bicyclic) bond motifs is 2. The van der Waals surface area contributed by atoms with E-state index in [4.69, 9.17) is 14.2 Å². The Bertz CT molecular complexity index is 1270. The number of anilines is 1. The Kier molecular flexibility index (Phi) is 5.25. The number of hydrogen-bond acceptors (Lipinski definition) is 8. The van der Waals surface area contributed by atoms with Crippen LogP contribution in [0, 0.1) is 0 Å². The van der Waals surface area contributed by atoms with Crippen molar-refractivity contribution in [1.29, 1.82) is 0 Å². The lowest BCUT2D eigenvalue weighted by Crippen LogP contribution is -2.39. The normalized spacial score (nSPS) is 15.8. The fraction of sp³-hybridized carbons (Fsp3) is 0.292. The van der Waals surface area contributed by atoms with Crippen LogP contribution >= 0.6 is 0 Å². The Morgan fingerprint density at radius 3 is 2.64 bits per heavy atom. The van der Waals surface area contributed by atoms with Crippen molar-refractivity contribution in [2.45, 2.75) is 0 Å². The molecule has 9 heteroatoms. The van der Waals surface area contributed by atoms with Gasteiger partial charge >= 0.3 is 0 Å². The zero-order valence-corrected chi connectivity index (χ0v) is 18.1. The van der Waals surface area contributed by atoms with Crippen LogP contribution in [0.1, 0.15) is 0 Å². The predicted molar refractivity (Wildman–Crippen MR) is 124 cm³/mol. The molecule has 0 spiro atoms. The van der Waals surface area contributed by atoms with Gasteiger partial charge < -0.3 is 19.5 Å². The molecule has 2 aliphatic rings. The van der Waals surface area contributed by atoms with Gasteiger partial charge in [0.05, 0.1) is 37.0 Å². The van der Waals surface area contributed by atoms with E-state index >= 15 is 0 Å². The van der Waals surface area contributed by atoms with Gasteiger partial charge in [0.25, 0.3) is 0 Å². The van der Waals surface area contributed by atoms with Gasteiger partial charge in [-0.15, -0.1) is 0 Å². The number of hydrogen-bond donors (Lipinski definition) is 1. The Balaban J connectivity index is 1.19. The number of imidazole rings is 1. The zero-order chi connectivity index (χ0) is 22.0. The summed E-state index contributed by atoms with van der Waals surface area (Å²) in [5.74, 6) is 2.37. The number of pyridine rings is 1. The van der Waals surface area contributed by atoms with E-state index in [1.54, 1.807) is 6.20 Å². The first-order valence-electron chi connectivity index (χ1n) is 11.1. The second-order valence-corrected chi connectivity index (χ2v) is 8.03. The summed E-state index contributed by atoms with van der Waals surface area (Å²) in [7, 11) is 0. The molecule has 0 atom stereocenters. The minimum Gasteiger partial charge on any atom is -0.454 e. The highest BCUT2D eigenvalue weighted by Crippen LogP contribution is 2.36. The summed E-state index contributed by atoms with van der Waals surface area (Å²) in [6.07, 6.45) is 7.46. The lowest BCUT2D eigenvalue weighted by molar-refractivity contribution is 0.0398. The quantitative estimate of drug-likeness (QED) is 0.486. The molecule has 0 amide bonds.